The van der Waals surface area contributed by atoms with Gasteiger partial charge in [0, 0.05) is 0 Å². The number of aromatic nitrogens is 6. The molecule has 148 heavy (non-hydrogen) atoms. The van der Waals surface area contributed by atoms with Gasteiger partial charge in [-0.2, -0.15) is 0 Å². The number of carbonyl (C=O) groups is 1. The molecule has 0 unspecified atom stereocenters. The number of methoxy groups -OCH3 is 1. The molecule has 18 aromatic heterocycles. The summed E-state index contributed by atoms with van der Waals surface area (Å²) in [4.78, 5) is 49.0. The van der Waals surface area contributed by atoms with Crippen LogP contribution in [0.3, 0.4) is 0 Å². The Morgan fingerprint density at radius 2 is 0.595 bits per heavy atom. The zero-order valence-electron chi connectivity index (χ0n) is 77.6. The van der Waals surface area contributed by atoms with Crippen molar-refractivity contribution in [3.05, 3.63) is 342 Å². The molecule has 0 aliphatic rings. The maximum absolute atomic E-state index is 11.6. The number of thiophene rings is 11. The van der Waals surface area contributed by atoms with Gasteiger partial charge in [0.2, 0.25) is 0 Å². The molecule has 0 saturated heterocycles. The van der Waals surface area contributed by atoms with Gasteiger partial charge in [0.25, 0.3) is 0 Å². The van der Waals surface area contributed by atoms with Crippen LogP contribution in [0.1, 0.15) is 126 Å². The summed E-state index contributed by atoms with van der Waals surface area (Å²) in [6, 6.07) is 84.8. The molecule has 0 aliphatic heterocycles. The van der Waals surface area contributed by atoms with E-state index in [2.05, 4.69) is 292 Å². The van der Waals surface area contributed by atoms with E-state index in [1.54, 1.807) is 117 Å². The van der Waals surface area contributed by atoms with Crippen molar-refractivity contribution in [3.63, 3.8) is 0 Å². The van der Waals surface area contributed by atoms with Crippen LogP contribution in [0.4, 0.5) is 0 Å². The maximum atomic E-state index is 11.6. The van der Waals surface area contributed by atoms with E-state index in [-0.39, 0.29) is 96.4 Å². The van der Waals surface area contributed by atoms with Gasteiger partial charge in [-0.3, -0.25) is 0 Å². The average Bonchev–Trinajstić information content (AvgIpc) is 1.65. The van der Waals surface area contributed by atoms with Gasteiger partial charge in [-0.15, -0.1) is 0 Å². The molecule has 0 spiro atoms. The first-order chi connectivity index (χ1) is 70.2. The Labute approximate surface area is 946 Å². The molecule has 6 N–H and O–H groups in total. The molecule has 0 aliphatic carbocycles. The first-order valence-electron chi connectivity index (χ1n) is 45.1. The van der Waals surface area contributed by atoms with Crippen molar-refractivity contribution in [3.8, 4) is 92.6 Å². The number of hydrogen-bond acceptors (Lipinski definition) is 22. The second-order valence-electron chi connectivity index (χ2n) is 31.7. The van der Waals surface area contributed by atoms with Crippen molar-refractivity contribution in [2.45, 2.75) is 84.0 Å². The number of esters is 1. The zero-order valence-corrected chi connectivity index (χ0v) is 98.5. The van der Waals surface area contributed by atoms with E-state index in [4.69, 9.17) is 4.74 Å². The number of fused-ring (bicyclic) bond motifs is 6. The van der Waals surface area contributed by atoms with Crippen LogP contribution in [0.15, 0.2) is 271 Å². The van der Waals surface area contributed by atoms with E-state index in [0.717, 1.165) is 75.6 Å². The van der Waals surface area contributed by atoms with Gasteiger partial charge in [0.05, 0.1) is 0 Å². The summed E-state index contributed by atoms with van der Waals surface area (Å²) in [5, 5.41) is 64.2. The number of carbonyl (C=O) groups excluding carboxylic acids is 1. The Balaban J connectivity index is 0.000000132. The summed E-state index contributed by atoms with van der Waals surface area (Å²) in [5.74, 6) is 1.54. The predicted molar refractivity (Wildman–Crippen MR) is 652 cm³/mol. The van der Waals surface area contributed by atoms with Crippen LogP contribution in [0, 0.1) is 13.8 Å². The molecule has 0 fully saturated rings. The number of hydrogen-bond donors (Lipinski definition) is 6. The van der Waals surface area contributed by atoms with Crippen LogP contribution in [0.25, 0.3) is 190 Å². The number of phenolic OH excluding ortho intramolecular Hbond substituents is 6. The quantitative estimate of drug-likeness (QED) is 0.0214. The second-order valence-corrected chi connectivity index (χ2v) is 59.5. The molecule has 24 rings (SSSR count). The van der Waals surface area contributed by atoms with Crippen molar-refractivity contribution < 1.29 is 53.9 Å². The molecule has 24 aromatic rings. The first-order valence-corrected chi connectivity index (χ1v) is 66.2. The summed E-state index contributed by atoms with van der Waals surface area (Å²) < 4.78 is 29.6. The fourth-order valence-corrected chi connectivity index (χ4v) is 39.5. The van der Waals surface area contributed by atoms with E-state index in [0.29, 0.717) is 80.1 Å². The molecular formula is C116H103N6O8S11Se7+3. The van der Waals surface area contributed by atoms with Gasteiger partial charge in [-0.05, 0) is 0 Å². The summed E-state index contributed by atoms with van der Waals surface area (Å²) in [5.41, 5.74) is 6.16. The van der Waals surface area contributed by atoms with Crippen LogP contribution < -0.4 is 13.7 Å². The van der Waals surface area contributed by atoms with Crippen LogP contribution >= 0.6 is 125 Å². The van der Waals surface area contributed by atoms with E-state index < -0.39 is 0 Å². The topological polar surface area (TPSA) is 198 Å². The van der Waals surface area contributed by atoms with Crippen molar-refractivity contribution in [1.29, 1.82) is 0 Å². The van der Waals surface area contributed by atoms with Gasteiger partial charge in [-0.1, -0.05) is 29.7 Å². The third kappa shape index (κ3) is 28.2. The van der Waals surface area contributed by atoms with Crippen molar-refractivity contribution in [1.82, 2.24) is 15.0 Å². The number of nitrogens with zero attached hydrogens (tertiary/aromatic N) is 6. The van der Waals surface area contributed by atoms with Gasteiger partial charge in [-0.25, -0.2) is 0 Å². The van der Waals surface area contributed by atoms with Crippen LogP contribution in [-0.2, 0) is 24.4 Å². The van der Waals surface area contributed by atoms with Crippen LogP contribution in [-0.4, -0.2) is 160 Å². The van der Waals surface area contributed by atoms with Gasteiger partial charge >= 0.3 is 928 Å². The van der Waals surface area contributed by atoms with Gasteiger partial charge < -0.3 is 0 Å². The summed E-state index contributed by atoms with van der Waals surface area (Å²) >= 11 is 21.3. The van der Waals surface area contributed by atoms with Crippen molar-refractivity contribution >= 4 is 364 Å². The van der Waals surface area contributed by atoms with Crippen molar-refractivity contribution in [2.24, 2.45) is 0 Å². The molecule has 750 valence electrons. The third-order valence-electron chi connectivity index (χ3n) is 21.8. The number of ether oxygens (including phenoxy) is 1. The Hall–Kier alpha value is -10.1. The number of benzene rings is 6. The summed E-state index contributed by atoms with van der Waals surface area (Å²) in [6.07, 6.45) is 26.1. The fraction of sp³-hybridized carbons (Fsp3) is 0.112. The SMILES string of the molecule is C.C.C.C.CC[n+]1c(/C=C/c2ccc(-c3ccc(C)s3)s2)[se]c2ccc(O)cc21.CC[n+]1c(/C=C/c2ccc(-c3cccs3)[se]2)[se]c2ccc(O)cc21.CC[n+]1c(/C=C/c2ccc(-c3cccs3)s2)[se]c2ccc(O)cc21.COC(=O)c1ccc(-c2ccc(/C=C/c3nc4cc(O)ccc4[se]3)s2)s1.Cc1ccc(-c2ccc(/C=C/c3nc4cc(O)ccc4[se]3)s2)s1.Oc1ccc2[se]c(/C=C/c3ccc(-c4cccs4)s3)nc2c1. The van der Waals surface area contributed by atoms with E-state index in [1.807, 2.05) is 111 Å². The van der Waals surface area contributed by atoms with Crippen LogP contribution in [0.5, 0.6) is 34.5 Å². The number of aromatic hydroxyl groups is 6. The molecule has 14 nitrogen and oxygen atoms in total. The molecule has 18 heterocycles. The Morgan fingerprint density at radius 1 is 0.297 bits per heavy atom. The summed E-state index contributed by atoms with van der Waals surface area (Å²) in [6.45, 7) is 13.5. The minimum absolute atomic E-state index is 0. The average molecular weight is 2610 g/mol. The Bertz CT molecular complexity index is 8620. The molecule has 0 amide bonds. The van der Waals surface area contributed by atoms with Crippen LogP contribution in [0.2, 0.25) is 0 Å². The first kappa shape index (κ1) is 112. The molecule has 0 bridgehead atoms. The Morgan fingerprint density at radius 3 is 0.919 bits per heavy atom. The Kier molecular flexibility index (Phi) is 39.9. The van der Waals surface area contributed by atoms with Gasteiger partial charge in [0.1, 0.15) is 0 Å². The normalized spacial score (nSPS) is 11.3. The second kappa shape index (κ2) is 52.7. The molecule has 6 aromatic carbocycles. The molecule has 0 atom stereocenters. The zero-order chi connectivity index (χ0) is 99.3. The summed E-state index contributed by atoms with van der Waals surface area (Å²) in [7, 11) is 1.39. The molecule has 0 radical (unpaired) electrons. The number of phenols is 6. The van der Waals surface area contributed by atoms with Gasteiger partial charge in [0.15, 0.2) is 0 Å². The third-order valence-corrected chi connectivity index (χ3v) is 49.8. The number of aryl methyl sites for hydroxylation is 5. The fourth-order valence-electron chi connectivity index (χ4n) is 15.1. The molecular weight excluding hydrogens is 2510 g/mol. The predicted octanol–water partition coefficient (Wildman–Crippen LogP) is 31.4. The minimum atomic E-state index is -0.301. The van der Waals surface area contributed by atoms with E-state index in [9.17, 15) is 35.4 Å². The molecule has 0 saturated carbocycles. The van der Waals surface area contributed by atoms with E-state index >= 15 is 0 Å². The standard InChI is InChI=1S/C20H17NOS2Se.C19H13NO3S2Se.C19H15NOS2Se.C19H15NOSSe2.C18H13NOS2Se.C17H11NOS2Se.4CH4/c1-3-21-16-12-14(22)5-10-19(16)25-20(21)11-7-15-6-9-18(24-15)17-8-4-13(2)23-17;1-23-19(22)16-7-6-15(25-16)14-5-3-12(24-14)4-9-18-20-13-10-11(21)2-8-17(13)26-18;1-2-20-15-12-13(21)5-9-18(15)24-19(20)10-7-14-6-8-17(23-14)16-4-3-11-22-16;1-2-20-15-12-13(21)5-8-17(15)24-19(20)10-7-14-6-9-18(23-14)16-4-3-11-22-16;1-11-2-6-15(21-11)16-7-4-13(22-16)5-9-18-19-14-10-12(20)3-8-17(14)23-18;19-11-3-7-16-13(10-11)18-17(22-16)8-5-12-4-6-15(21-12)14-2-1-9-20-14;;;;/h4-12H,3H2,1-2H3;2-10,21H,1H3;2*3-12H,2H2,1H3;2-10,20H,1H3;1-10,19H;4*1H4/p+3/b11-7+;9-4+;2*10-7+;9-5+;8-5+;;;;. The monoisotopic (exact) mass is 2620 g/mol. The number of rotatable bonds is 22. The molecule has 32 heteroatoms. The van der Waals surface area contributed by atoms with E-state index in [1.165, 1.54) is 145 Å². The van der Waals surface area contributed by atoms with Crippen molar-refractivity contribution in [2.75, 3.05) is 7.11 Å².